The van der Waals surface area contributed by atoms with Gasteiger partial charge in [-0.15, -0.1) is 0 Å². The zero-order valence-corrected chi connectivity index (χ0v) is 25.0. The van der Waals surface area contributed by atoms with Crippen molar-refractivity contribution in [1.29, 1.82) is 0 Å². The summed E-state index contributed by atoms with van der Waals surface area (Å²) >= 11 is 0. The summed E-state index contributed by atoms with van der Waals surface area (Å²) in [4.78, 5) is 44.9. The normalized spacial score (nSPS) is 28.4. The summed E-state index contributed by atoms with van der Waals surface area (Å²) in [5.41, 5.74) is 4.46. The number of piperidine rings is 1. The Balaban J connectivity index is 1.51. The van der Waals surface area contributed by atoms with Gasteiger partial charge in [-0.05, 0) is 71.1 Å². The van der Waals surface area contributed by atoms with Gasteiger partial charge in [0.1, 0.15) is 6.04 Å². The Labute approximate surface area is 236 Å². The zero-order valence-electron chi connectivity index (χ0n) is 25.0. The Kier molecular flexibility index (Phi) is 10.0. The zero-order chi connectivity index (χ0) is 28.2. The van der Waals surface area contributed by atoms with Crippen LogP contribution in [0.3, 0.4) is 0 Å². The molecule has 4 rings (SSSR count). The fourth-order valence-corrected chi connectivity index (χ4v) is 7.69. The molecule has 39 heavy (non-hydrogen) atoms. The van der Waals surface area contributed by atoms with Crippen LogP contribution in [0.4, 0.5) is 0 Å². The number of hydrogen-bond acceptors (Lipinski definition) is 5. The molecule has 2 aliphatic carbocycles. The lowest BCUT2D eigenvalue weighted by Crippen LogP contribution is -2.61. The van der Waals surface area contributed by atoms with Crippen molar-refractivity contribution in [3.8, 4) is 0 Å². The van der Waals surface area contributed by atoms with Gasteiger partial charge in [0.05, 0.1) is 17.6 Å². The van der Waals surface area contributed by atoms with Crippen molar-refractivity contribution in [3.05, 3.63) is 0 Å². The van der Waals surface area contributed by atoms with Crippen LogP contribution in [0.5, 0.6) is 0 Å². The molecule has 2 heterocycles. The minimum atomic E-state index is -1.10. The van der Waals surface area contributed by atoms with Crippen molar-refractivity contribution >= 4 is 17.7 Å². The molecule has 0 aromatic rings. The quantitative estimate of drug-likeness (QED) is 0.457. The first kappa shape index (κ1) is 30.3. The van der Waals surface area contributed by atoms with E-state index in [1.54, 1.807) is 13.8 Å². The molecule has 4 aliphatic rings. The predicted molar refractivity (Wildman–Crippen MR) is 153 cm³/mol. The van der Waals surface area contributed by atoms with Gasteiger partial charge in [0, 0.05) is 32.3 Å². The van der Waals surface area contributed by atoms with Crippen LogP contribution in [0.2, 0.25) is 0 Å². The van der Waals surface area contributed by atoms with E-state index in [0.717, 1.165) is 32.2 Å². The smallest absolute Gasteiger partial charge is 0.247 e. The molecule has 2 saturated carbocycles. The molecule has 0 aromatic carbocycles. The van der Waals surface area contributed by atoms with Crippen molar-refractivity contribution in [3.63, 3.8) is 0 Å². The van der Waals surface area contributed by atoms with Crippen LogP contribution < -0.4 is 11.1 Å². The number of likely N-dealkylation sites (tertiary alicyclic amines) is 2. The highest BCUT2D eigenvalue weighted by molar-refractivity contribution is 5.92. The number of amides is 3. The third-order valence-electron chi connectivity index (χ3n) is 10.0. The number of rotatable bonds is 9. The lowest BCUT2D eigenvalue weighted by atomic mass is 9.64. The van der Waals surface area contributed by atoms with E-state index in [2.05, 4.69) is 24.1 Å². The van der Waals surface area contributed by atoms with Gasteiger partial charge in [0.25, 0.3) is 0 Å². The number of ether oxygens (including phenoxy) is 1. The van der Waals surface area contributed by atoms with E-state index in [0.29, 0.717) is 31.5 Å². The molecular formula is C31H54N4O4. The summed E-state index contributed by atoms with van der Waals surface area (Å²) in [5, 5.41) is 2.91. The molecule has 2 aliphatic heterocycles. The number of nitrogens with one attached hydrogen (secondary N) is 1. The van der Waals surface area contributed by atoms with E-state index < -0.39 is 17.0 Å². The molecule has 3 unspecified atom stereocenters. The maximum absolute atomic E-state index is 14.1. The summed E-state index contributed by atoms with van der Waals surface area (Å²) in [7, 11) is 0. The van der Waals surface area contributed by atoms with E-state index in [1.807, 2.05) is 4.90 Å². The van der Waals surface area contributed by atoms with E-state index >= 15 is 0 Å². The maximum atomic E-state index is 14.1. The standard InChI is InChI=1S/C31H54N4O4/c1-22(2)35-18-25(24-14-9-6-10-15-24)31(29(35)38)16-11-17-34(21-31)27(36)26(33-28(37)30(3,4)32)20-39-19-23-12-7-5-8-13-23/h22-26H,5-21,32H2,1-4H3,(H,33,37). The fourth-order valence-electron chi connectivity index (χ4n) is 7.69. The highest BCUT2D eigenvalue weighted by atomic mass is 16.5. The van der Waals surface area contributed by atoms with Crippen molar-refractivity contribution in [2.24, 2.45) is 28.9 Å². The van der Waals surface area contributed by atoms with Crippen molar-refractivity contribution in [2.45, 2.75) is 122 Å². The van der Waals surface area contributed by atoms with Crippen molar-refractivity contribution in [2.75, 3.05) is 32.8 Å². The lowest BCUT2D eigenvalue weighted by Gasteiger charge is -2.45. The number of nitrogens with two attached hydrogens (primary N) is 1. The molecule has 1 spiro atoms. The maximum Gasteiger partial charge on any atom is 0.247 e. The molecule has 0 aromatic heterocycles. The Morgan fingerprint density at radius 1 is 1.05 bits per heavy atom. The number of nitrogens with zero attached hydrogens (tertiary/aromatic N) is 2. The largest absolute Gasteiger partial charge is 0.378 e. The minimum absolute atomic E-state index is 0.138. The number of carbonyl (C=O) groups is 3. The number of hydrogen-bond donors (Lipinski definition) is 2. The van der Waals surface area contributed by atoms with Gasteiger partial charge < -0.3 is 25.6 Å². The average Bonchev–Trinajstić information content (AvgIpc) is 3.19. The van der Waals surface area contributed by atoms with Crippen LogP contribution in [-0.2, 0) is 19.1 Å². The Hall–Kier alpha value is -1.67. The van der Waals surface area contributed by atoms with Gasteiger partial charge in [0.2, 0.25) is 17.7 Å². The minimum Gasteiger partial charge on any atom is -0.378 e. The van der Waals surface area contributed by atoms with Gasteiger partial charge >= 0.3 is 0 Å². The SMILES string of the molecule is CC(C)N1CC(C2CCCCC2)C2(CCCN(C(=O)C(COCC3CCCCC3)NC(=O)C(C)(C)N)C2)C1=O. The van der Waals surface area contributed by atoms with E-state index in [4.69, 9.17) is 10.5 Å². The van der Waals surface area contributed by atoms with Crippen LogP contribution in [-0.4, -0.2) is 78.0 Å². The predicted octanol–water partition coefficient (Wildman–Crippen LogP) is 3.86. The summed E-state index contributed by atoms with van der Waals surface area (Å²) in [6, 6.07) is -0.647. The first-order chi connectivity index (χ1) is 18.5. The molecule has 4 fully saturated rings. The second-order valence-electron chi connectivity index (χ2n) is 13.9. The van der Waals surface area contributed by atoms with Crippen LogP contribution in [0, 0.1) is 23.2 Å². The van der Waals surface area contributed by atoms with Crippen LogP contribution in [0.15, 0.2) is 0 Å². The lowest BCUT2D eigenvalue weighted by molar-refractivity contribution is -0.149. The van der Waals surface area contributed by atoms with Gasteiger partial charge in [0.15, 0.2) is 0 Å². The summed E-state index contributed by atoms with van der Waals surface area (Å²) < 4.78 is 6.09. The van der Waals surface area contributed by atoms with Crippen molar-refractivity contribution in [1.82, 2.24) is 15.1 Å². The molecule has 8 heteroatoms. The number of carbonyl (C=O) groups excluding carboxylic acids is 3. The highest BCUT2D eigenvalue weighted by Crippen LogP contribution is 2.51. The Morgan fingerprint density at radius 3 is 2.31 bits per heavy atom. The van der Waals surface area contributed by atoms with Gasteiger partial charge in [-0.25, -0.2) is 0 Å². The van der Waals surface area contributed by atoms with Crippen molar-refractivity contribution < 1.29 is 19.1 Å². The topological polar surface area (TPSA) is 105 Å². The van der Waals surface area contributed by atoms with Gasteiger partial charge in [-0.3, -0.25) is 14.4 Å². The first-order valence-corrected chi connectivity index (χ1v) is 15.8. The monoisotopic (exact) mass is 546 g/mol. The summed E-state index contributed by atoms with van der Waals surface area (Å²) in [5.74, 6) is 1.05. The van der Waals surface area contributed by atoms with E-state index in [1.165, 1.54) is 51.4 Å². The average molecular weight is 547 g/mol. The third kappa shape index (κ3) is 6.98. The molecule has 0 bridgehead atoms. The Morgan fingerprint density at radius 2 is 1.69 bits per heavy atom. The molecule has 0 radical (unpaired) electrons. The van der Waals surface area contributed by atoms with Gasteiger partial charge in [-0.2, -0.15) is 0 Å². The van der Waals surface area contributed by atoms with Crippen LogP contribution in [0.25, 0.3) is 0 Å². The second kappa shape index (κ2) is 12.9. The van der Waals surface area contributed by atoms with E-state index in [-0.39, 0.29) is 36.3 Å². The molecule has 222 valence electrons. The van der Waals surface area contributed by atoms with E-state index in [9.17, 15) is 14.4 Å². The summed E-state index contributed by atoms with van der Waals surface area (Å²) in [6.07, 6.45) is 13.8. The first-order valence-electron chi connectivity index (χ1n) is 15.8. The van der Waals surface area contributed by atoms with Crippen LogP contribution >= 0.6 is 0 Å². The second-order valence-corrected chi connectivity index (χ2v) is 13.9. The molecule has 3 amide bonds. The molecule has 3 atom stereocenters. The molecular weight excluding hydrogens is 492 g/mol. The third-order valence-corrected chi connectivity index (χ3v) is 10.0. The fraction of sp³-hybridized carbons (Fsp3) is 0.903. The van der Waals surface area contributed by atoms with Crippen LogP contribution in [0.1, 0.15) is 105 Å². The van der Waals surface area contributed by atoms with Gasteiger partial charge in [-0.1, -0.05) is 51.4 Å². The molecule has 8 nitrogen and oxygen atoms in total. The summed E-state index contributed by atoms with van der Waals surface area (Å²) in [6.45, 7) is 10.1. The molecule has 3 N–H and O–H groups in total. The highest BCUT2D eigenvalue weighted by Gasteiger charge is 2.58. The Bertz CT molecular complexity index is 859. The molecule has 2 saturated heterocycles.